The fraction of sp³-hybridized carbons (Fsp3) is 0.0455. The van der Waals surface area contributed by atoms with Crippen LogP contribution in [0.4, 0.5) is 4.39 Å². The lowest BCUT2D eigenvalue weighted by Crippen LogP contribution is -2.31. The molecule has 0 amide bonds. The van der Waals surface area contributed by atoms with Crippen molar-refractivity contribution in [2.24, 2.45) is 0 Å². The van der Waals surface area contributed by atoms with E-state index in [2.05, 4.69) is 26.0 Å². The van der Waals surface area contributed by atoms with E-state index in [-0.39, 0.29) is 12.4 Å². The molecule has 1 N–H and O–H groups in total. The summed E-state index contributed by atoms with van der Waals surface area (Å²) < 4.78 is 21.2. The smallest absolute Gasteiger partial charge is 0.345 e. The van der Waals surface area contributed by atoms with Gasteiger partial charge in [0.15, 0.2) is 0 Å². The quantitative estimate of drug-likeness (QED) is 0.473. The zero-order chi connectivity index (χ0) is 21.1. The average molecular weight is 468 g/mol. The van der Waals surface area contributed by atoms with Gasteiger partial charge in [0.1, 0.15) is 23.5 Å². The van der Waals surface area contributed by atoms with Crippen LogP contribution in [0.25, 0.3) is 11.1 Å². The second kappa shape index (κ2) is 8.46. The van der Waals surface area contributed by atoms with Crippen molar-refractivity contribution in [3.63, 3.8) is 0 Å². The normalized spacial score (nSPS) is 10.7. The summed E-state index contributed by atoms with van der Waals surface area (Å²) in [5.41, 5.74) is 1.34. The number of hydrogen-bond donors (Lipinski definition) is 1. The van der Waals surface area contributed by atoms with Gasteiger partial charge in [0.2, 0.25) is 0 Å². The van der Waals surface area contributed by atoms with E-state index in [1.54, 1.807) is 24.3 Å². The standard InChI is InChI=1S/C22H15BrFN3O3/c23-18-11-14(13-27-22(29)26-21(28)12-25-27)5-10-20(18)30-19-4-2-1-3-17(19)15-6-8-16(24)9-7-15/h1-12H,13H2,(H,26,28,29). The zero-order valence-corrected chi connectivity index (χ0v) is 17.1. The van der Waals surface area contributed by atoms with Crippen molar-refractivity contribution in [3.05, 3.63) is 110 Å². The Balaban J connectivity index is 1.60. The van der Waals surface area contributed by atoms with E-state index >= 15 is 0 Å². The SMILES string of the molecule is O=c1cnn(Cc2ccc(Oc3ccccc3-c3ccc(F)cc3)c(Br)c2)c(=O)[nH]1. The number of aromatic nitrogens is 3. The van der Waals surface area contributed by atoms with Gasteiger partial charge in [-0.05, 0) is 57.4 Å². The number of aromatic amines is 1. The second-order valence-corrected chi connectivity index (χ2v) is 7.32. The predicted molar refractivity (Wildman–Crippen MR) is 114 cm³/mol. The Morgan fingerprint density at radius 3 is 2.50 bits per heavy atom. The first-order valence-corrected chi connectivity index (χ1v) is 9.76. The summed E-state index contributed by atoms with van der Waals surface area (Å²) in [6.45, 7) is 0.195. The monoisotopic (exact) mass is 467 g/mol. The van der Waals surface area contributed by atoms with E-state index in [1.165, 1.54) is 12.1 Å². The molecule has 4 aromatic rings. The molecule has 6 nitrogen and oxygen atoms in total. The Labute approximate surface area is 178 Å². The molecule has 0 radical (unpaired) electrons. The summed E-state index contributed by atoms with van der Waals surface area (Å²) in [5.74, 6) is 0.901. The molecule has 0 saturated carbocycles. The summed E-state index contributed by atoms with van der Waals surface area (Å²) in [5, 5.41) is 3.83. The highest BCUT2D eigenvalue weighted by Gasteiger charge is 2.10. The first-order chi connectivity index (χ1) is 14.5. The molecule has 0 bridgehead atoms. The average Bonchev–Trinajstić information content (AvgIpc) is 2.73. The summed E-state index contributed by atoms with van der Waals surface area (Å²) >= 11 is 3.50. The number of H-pyrrole nitrogens is 1. The maximum absolute atomic E-state index is 13.3. The fourth-order valence-corrected chi connectivity index (χ4v) is 3.44. The van der Waals surface area contributed by atoms with Crippen LogP contribution in [-0.4, -0.2) is 14.8 Å². The van der Waals surface area contributed by atoms with Crippen LogP contribution in [0.1, 0.15) is 5.56 Å². The lowest BCUT2D eigenvalue weighted by Gasteiger charge is -2.13. The highest BCUT2D eigenvalue weighted by molar-refractivity contribution is 9.10. The van der Waals surface area contributed by atoms with Crippen molar-refractivity contribution in [2.45, 2.75) is 6.54 Å². The van der Waals surface area contributed by atoms with Gasteiger partial charge in [-0.3, -0.25) is 9.78 Å². The molecular weight excluding hydrogens is 453 g/mol. The minimum absolute atomic E-state index is 0.195. The van der Waals surface area contributed by atoms with Crippen LogP contribution in [0, 0.1) is 5.82 Å². The topological polar surface area (TPSA) is 77.0 Å². The number of halogens is 2. The zero-order valence-electron chi connectivity index (χ0n) is 15.5. The molecule has 30 heavy (non-hydrogen) atoms. The van der Waals surface area contributed by atoms with Gasteiger partial charge >= 0.3 is 5.69 Å². The van der Waals surface area contributed by atoms with Crippen LogP contribution in [0.5, 0.6) is 11.5 Å². The first kappa shape index (κ1) is 19.8. The molecule has 0 atom stereocenters. The number of nitrogens with one attached hydrogen (secondary N) is 1. The van der Waals surface area contributed by atoms with Gasteiger partial charge in [0, 0.05) is 5.56 Å². The van der Waals surface area contributed by atoms with E-state index in [0.717, 1.165) is 27.6 Å². The van der Waals surface area contributed by atoms with Crippen LogP contribution < -0.4 is 16.0 Å². The van der Waals surface area contributed by atoms with Crippen LogP contribution in [0.2, 0.25) is 0 Å². The lowest BCUT2D eigenvalue weighted by atomic mass is 10.0. The number of benzene rings is 3. The molecule has 3 aromatic carbocycles. The summed E-state index contributed by atoms with van der Waals surface area (Å²) in [4.78, 5) is 25.1. The second-order valence-electron chi connectivity index (χ2n) is 6.47. The van der Waals surface area contributed by atoms with Crippen LogP contribution in [0.15, 0.2) is 87.0 Å². The van der Waals surface area contributed by atoms with Crippen LogP contribution >= 0.6 is 15.9 Å². The number of hydrogen-bond acceptors (Lipinski definition) is 4. The van der Waals surface area contributed by atoms with E-state index in [9.17, 15) is 14.0 Å². The predicted octanol–water partition coefficient (Wildman–Crippen LogP) is 4.34. The van der Waals surface area contributed by atoms with Crippen molar-refractivity contribution < 1.29 is 9.13 Å². The Bertz CT molecular complexity index is 1320. The molecule has 1 aromatic heterocycles. The molecular formula is C22H15BrFN3O3. The van der Waals surface area contributed by atoms with E-state index < -0.39 is 11.2 Å². The maximum Gasteiger partial charge on any atom is 0.345 e. The van der Waals surface area contributed by atoms with Crippen molar-refractivity contribution >= 4 is 15.9 Å². The van der Waals surface area contributed by atoms with Crippen molar-refractivity contribution in [1.82, 2.24) is 14.8 Å². The highest BCUT2D eigenvalue weighted by atomic mass is 79.9. The molecule has 0 aliphatic carbocycles. The number of para-hydroxylation sites is 1. The number of nitrogens with zero attached hydrogens (tertiary/aromatic N) is 2. The molecule has 150 valence electrons. The van der Waals surface area contributed by atoms with E-state index in [1.807, 2.05) is 30.3 Å². The first-order valence-electron chi connectivity index (χ1n) is 8.97. The van der Waals surface area contributed by atoms with Gasteiger partial charge in [-0.25, -0.2) is 13.9 Å². The fourth-order valence-electron chi connectivity index (χ4n) is 2.93. The molecule has 0 unspecified atom stereocenters. The van der Waals surface area contributed by atoms with Gasteiger partial charge in [-0.1, -0.05) is 36.4 Å². The third-order valence-corrected chi connectivity index (χ3v) is 4.99. The number of ether oxygens (including phenoxy) is 1. The molecule has 4 rings (SSSR count). The van der Waals surface area contributed by atoms with Gasteiger partial charge in [0.25, 0.3) is 5.56 Å². The lowest BCUT2D eigenvalue weighted by molar-refractivity contribution is 0.481. The molecule has 0 aliphatic rings. The Hall–Kier alpha value is -3.52. The molecule has 0 fully saturated rings. The Morgan fingerprint density at radius 1 is 1.00 bits per heavy atom. The van der Waals surface area contributed by atoms with Crippen molar-refractivity contribution in [3.8, 4) is 22.6 Å². The van der Waals surface area contributed by atoms with E-state index in [0.29, 0.717) is 16.0 Å². The summed E-state index contributed by atoms with van der Waals surface area (Å²) in [6.07, 6.45) is 1.06. The third-order valence-electron chi connectivity index (χ3n) is 4.37. The molecule has 1 heterocycles. The molecule has 0 spiro atoms. The largest absolute Gasteiger partial charge is 0.456 e. The minimum atomic E-state index is -0.577. The summed E-state index contributed by atoms with van der Waals surface area (Å²) in [7, 11) is 0. The van der Waals surface area contributed by atoms with E-state index in [4.69, 9.17) is 4.74 Å². The maximum atomic E-state index is 13.3. The van der Waals surface area contributed by atoms with Crippen LogP contribution in [-0.2, 0) is 6.54 Å². The molecule has 0 saturated heterocycles. The van der Waals surface area contributed by atoms with Gasteiger partial charge < -0.3 is 4.74 Å². The molecule has 8 heteroatoms. The van der Waals surface area contributed by atoms with Crippen molar-refractivity contribution in [2.75, 3.05) is 0 Å². The Morgan fingerprint density at radius 2 is 1.77 bits per heavy atom. The number of rotatable bonds is 5. The molecule has 0 aliphatic heterocycles. The van der Waals surface area contributed by atoms with Crippen molar-refractivity contribution in [1.29, 1.82) is 0 Å². The van der Waals surface area contributed by atoms with Gasteiger partial charge in [-0.2, -0.15) is 5.10 Å². The highest BCUT2D eigenvalue weighted by Crippen LogP contribution is 2.36. The Kier molecular flexibility index (Phi) is 5.58. The summed E-state index contributed by atoms with van der Waals surface area (Å²) in [6, 6.07) is 19.1. The van der Waals surface area contributed by atoms with Gasteiger partial charge in [-0.15, -0.1) is 0 Å². The van der Waals surface area contributed by atoms with Gasteiger partial charge in [0.05, 0.1) is 11.0 Å². The minimum Gasteiger partial charge on any atom is -0.456 e. The van der Waals surface area contributed by atoms with Crippen LogP contribution in [0.3, 0.4) is 0 Å². The third kappa shape index (κ3) is 4.38.